The van der Waals surface area contributed by atoms with Gasteiger partial charge in [-0.15, -0.1) is 11.3 Å². The number of nitrogens with one attached hydrogen (secondary N) is 1. The van der Waals surface area contributed by atoms with Gasteiger partial charge in [-0.05, 0) is 62.4 Å². The molecule has 8 heteroatoms. The fourth-order valence-corrected chi connectivity index (χ4v) is 6.48. The quantitative estimate of drug-likeness (QED) is 0.413. The number of aryl methyl sites for hydroxylation is 3. The Morgan fingerprint density at radius 3 is 2.78 bits per heavy atom. The van der Waals surface area contributed by atoms with E-state index < -0.39 is 0 Å². The van der Waals surface area contributed by atoms with Crippen LogP contribution in [0.3, 0.4) is 0 Å². The molecule has 1 aliphatic carbocycles. The van der Waals surface area contributed by atoms with E-state index in [1.807, 2.05) is 36.9 Å². The second-order valence-corrected chi connectivity index (χ2v) is 11.2. The SMILES string of the molecule is Cc1cccc(-c2sc(C)nc2C(=O)N2C(CNC(=O)c3cc4cc(F)ccc4n3C)CC3C[C@@H]32)c1. The Kier molecular flexibility index (Phi) is 5.44. The molecule has 2 unspecified atom stereocenters. The second kappa shape index (κ2) is 8.55. The summed E-state index contributed by atoms with van der Waals surface area (Å²) in [4.78, 5) is 34.4. The van der Waals surface area contributed by atoms with Gasteiger partial charge in [0.25, 0.3) is 11.8 Å². The van der Waals surface area contributed by atoms with Crippen molar-refractivity contribution in [2.24, 2.45) is 13.0 Å². The standard InChI is InChI=1S/C28H27FN4O2S/c1-15-5-4-6-17(9-15)26-25(31-16(2)36-26)28(35)33-21(11-19-12-23(19)33)14-30-27(34)24-13-18-10-20(29)7-8-22(18)32(24)3/h4-10,13,19,21,23H,11-12,14H2,1-3H3,(H,30,34)/t19?,21?,23-/m0/s1. The normalized spacial score (nSPS) is 20.6. The van der Waals surface area contributed by atoms with Gasteiger partial charge in [0.2, 0.25) is 0 Å². The second-order valence-electron chi connectivity index (χ2n) is 9.95. The number of likely N-dealkylation sites (tertiary alicyclic amines) is 1. The van der Waals surface area contributed by atoms with E-state index in [0.717, 1.165) is 39.4 Å². The molecule has 2 aliphatic rings. The zero-order valence-corrected chi connectivity index (χ0v) is 21.2. The molecule has 1 saturated heterocycles. The number of carbonyl (C=O) groups is 2. The first-order chi connectivity index (χ1) is 17.3. The number of hydrogen-bond acceptors (Lipinski definition) is 4. The molecule has 2 fully saturated rings. The first kappa shape index (κ1) is 22.9. The monoisotopic (exact) mass is 502 g/mol. The number of amides is 2. The van der Waals surface area contributed by atoms with Crippen molar-refractivity contribution in [2.45, 2.75) is 38.8 Å². The number of nitrogens with zero attached hydrogens (tertiary/aromatic N) is 3. The summed E-state index contributed by atoms with van der Waals surface area (Å²) in [5.74, 6) is -0.132. The summed E-state index contributed by atoms with van der Waals surface area (Å²) in [7, 11) is 1.80. The topological polar surface area (TPSA) is 67.2 Å². The molecular weight excluding hydrogens is 475 g/mol. The van der Waals surface area contributed by atoms with Crippen molar-refractivity contribution in [2.75, 3.05) is 6.54 Å². The van der Waals surface area contributed by atoms with Gasteiger partial charge in [0.15, 0.2) is 0 Å². The highest BCUT2D eigenvalue weighted by Crippen LogP contribution is 2.48. The molecule has 1 saturated carbocycles. The lowest BCUT2D eigenvalue weighted by atomic mass is 10.1. The van der Waals surface area contributed by atoms with Gasteiger partial charge >= 0.3 is 0 Å². The van der Waals surface area contributed by atoms with Crippen molar-refractivity contribution in [3.8, 4) is 10.4 Å². The molecule has 0 spiro atoms. The number of piperidine rings is 1. The molecule has 2 amide bonds. The van der Waals surface area contributed by atoms with Gasteiger partial charge in [0, 0.05) is 30.5 Å². The van der Waals surface area contributed by atoms with Crippen LogP contribution in [0.15, 0.2) is 48.5 Å². The van der Waals surface area contributed by atoms with Crippen LogP contribution in [-0.4, -0.2) is 44.9 Å². The predicted octanol–water partition coefficient (Wildman–Crippen LogP) is 5.09. The molecule has 4 aromatic rings. The molecule has 3 heterocycles. The van der Waals surface area contributed by atoms with Crippen LogP contribution in [-0.2, 0) is 7.05 Å². The molecule has 1 aliphatic heterocycles. The van der Waals surface area contributed by atoms with E-state index in [9.17, 15) is 14.0 Å². The molecule has 2 aromatic carbocycles. The minimum absolute atomic E-state index is 0.0554. The Hall–Kier alpha value is -3.52. The zero-order chi connectivity index (χ0) is 25.1. The van der Waals surface area contributed by atoms with E-state index in [1.165, 1.54) is 12.1 Å². The van der Waals surface area contributed by atoms with Crippen LogP contribution in [0, 0.1) is 25.6 Å². The van der Waals surface area contributed by atoms with Crippen LogP contribution in [0.4, 0.5) is 4.39 Å². The van der Waals surface area contributed by atoms with Crippen molar-refractivity contribution < 1.29 is 14.0 Å². The molecule has 2 aromatic heterocycles. The molecule has 0 radical (unpaired) electrons. The highest BCUT2D eigenvalue weighted by atomic mass is 32.1. The number of hydrogen-bond donors (Lipinski definition) is 1. The molecule has 1 N–H and O–H groups in total. The lowest BCUT2D eigenvalue weighted by Crippen LogP contribution is -2.45. The summed E-state index contributed by atoms with van der Waals surface area (Å²) < 4.78 is 15.4. The Bertz CT molecular complexity index is 1520. The fourth-order valence-electron chi connectivity index (χ4n) is 5.57. The maximum absolute atomic E-state index is 13.8. The van der Waals surface area contributed by atoms with Crippen LogP contribution in [0.25, 0.3) is 21.3 Å². The summed E-state index contributed by atoms with van der Waals surface area (Å²) >= 11 is 1.54. The first-order valence-corrected chi connectivity index (χ1v) is 13.0. The van der Waals surface area contributed by atoms with E-state index in [4.69, 9.17) is 0 Å². The molecular formula is C28H27FN4O2S. The zero-order valence-electron chi connectivity index (χ0n) is 20.4. The number of halogens is 1. The van der Waals surface area contributed by atoms with Gasteiger partial charge in [0.1, 0.15) is 17.2 Å². The minimum Gasteiger partial charge on any atom is -0.349 e. The minimum atomic E-state index is -0.332. The number of fused-ring (bicyclic) bond motifs is 2. The van der Waals surface area contributed by atoms with E-state index >= 15 is 0 Å². The van der Waals surface area contributed by atoms with Crippen LogP contribution >= 0.6 is 11.3 Å². The Balaban J connectivity index is 1.22. The van der Waals surface area contributed by atoms with E-state index in [0.29, 0.717) is 29.2 Å². The van der Waals surface area contributed by atoms with Gasteiger partial charge in [-0.25, -0.2) is 9.37 Å². The Labute approximate surface area is 212 Å². The largest absolute Gasteiger partial charge is 0.349 e. The third-order valence-corrected chi connectivity index (χ3v) is 8.42. The predicted molar refractivity (Wildman–Crippen MR) is 139 cm³/mol. The average molecular weight is 503 g/mol. The molecule has 3 atom stereocenters. The van der Waals surface area contributed by atoms with Crippen molar-refractivity contribution >= 4 is 34.1 Å². The summed E-state index contributed by atoms with van der Waals surface area (Å²) in [6, 6.07) is 14.5. The van der Waals surface area contributed by atoms with Gasteiger partial charge in [-0.1, -0.05) is 29.8 Å². The van der Waals surface area contributed by atoms with Crippen LogP contribution in [0.5, 0.6) is 0 Å². The average Bonchev–Trinajstić information content (AvgIpc) is 3.18. The molecule has 184 valence electrons. The van der Waals surface area contributed by atoms with Gasteiger partial charge in [0.05, 0.1) is 15.9 Å². The Morgan fingerprint density at radius 2 is 1.97 bits per heavy atom. The lowest BCUT2D eigenvalue weighted by Gasteiger charge is -2.27. The maximum atomic E-state index is 13.8. The van der Waals surface area contributed by atoms with Crippen molar-refractivity contribution in [3.63, 3.8) is 0 Å². The van der Waals surface area contributed by atoms with Gasteiger partial charge in [-0.2, -0.15) is 0 Å². The van der Waals surface area contributed by atoms with E-state index in [1.54, 1.807) is 35.1 Å². The molecule has 6 rings (SSSR count). The summed E-state index contributed by atoms with van der Waals surface area (Å²) in [6.45, 7) is 4.34. The fraction of sp³-hybridized carbons (Fsp3) is 0.321. The molecule has 36 heavy (non-hydrogen) atoms. The maximum Gasteiger partial charge on any atom is 0.274 e. The molecule has 0 bridgehead atoms. The first-order valence-electron chi connectivity index (χ1n) is 12.2. The van der Waals surface area contributed by atoms with E-state index in [-0.39, 0.29) is 29.7 Å². The van der Waals surface area contributed by atoms with Crippen LogP contribution in [0.1, 0.15) is 44.4 Å². The smallest absolute Gasteiger partial charge is 0.274 e. The summed E-state index contributed by atoms with van der Waals surface area (Å²) in [6.07, 6.45) is 1.88. The van der Waals surface area contributed by atoms with Crippen molar-refractivity contribution in [3.05, 3.63) is 76.3 Å². The number of thiazole rings is 1. The Morgan fingerprint density at radius 1 is 1.14 bits per heavy atom. The number of carbonyl (C=O) groups excluding carboxylic acids is 2. The highest BCUT2D eigenvalue weighted by molar-refractivity contribution is 7.15. The molecule has 6 nitrogen and oxygen atoms in total. The lowest BCUT2D eigenvalue weighted by molar-refractivity contribution is 0.0684. The highest BCUT2D eigenvalue weighted by Gasteiger charge is 2.54. The van der Waals surface area contributed by atoms with Crippen molar-refractivity contribution in [1.29, 1.82) is 0 Å². The van der Waals surface area contributed by atoms with Crippen LogP contribution in [0.2, 0.25) is 0 Å². The summed E-state index contributed by atoms with van der Waals surface area (Å²) in [5.41, 5.74) is 3.91. The third kappa shape index (κ3) is 3.89. The number of aromatic nitrogens is 2. The van der Waals surface area contributed by atoms with Crippen LogP contribution < -0.4 is 5.32 Å². The van der Waals surface area contributed by atoms with E-state index in [2.05, 4.69) is 16.4 Å². The summed E-state index contributed by atoms with van der Waals surface area (Å²) in [5, 5.41) is 4.57. The van der Waals surface area contributed by atoms with Gasteiger partial charge in [-0.3, -0.25) is 9.59 Å². The van der Waals surface area contributed by atoms with Gasteiger partial charge < -0.3 is 14.8 Å². The third-order valence-electron chi connectivity index (χ3n) is 7.40. The number of benzene rings is 2. The number of rotatable bonds is 5. The van der Waals surface area contributed by atoms with Crippen molar-refractivity contribution in [1.82, 2.24) is 19.8 Å².